The largest absolute Gasteiger partial charge is 0.324 e. The van der Waals surface area contributed by atoms with E-state index >= 15 is 0 Å². The second-order valence-corrected chi connectivity index (χ2v) is 5.99. The summed E-state index contributed by atoms with van der Waals surface area (Å²) >= 11 is 1.53. The summed E-state index contributed by atoms with van der Waals surface area (Å²) in [6.07, 6.45) is 6.84. The van der Waals surface area contributed by atoms with Crippen LogP contribution in [0.2, 0.25) is 0 Å². The van der Waals surface area contributed by atoms with Gasteiger partial charge in [-0.1, -0.05) is 18.2 Å². The predicted octanol–water partition coefficient (Wildman–Crippen LogP) is 3.31. The molecule has 0 bridgehead atoms. The van der Waals surface area contributed by atoms with Crippen molar-refractivity contribution in [3.05, 3.63) is 66.9 Å². The number of imidazole rings is 1. The van der Waals surface area contributed by atoms with Crippen LogP contribution in [0.15, 0.2) is 66.2 Å². The van der Waals surface area contributed by atoms with Crippen LogP contribution in [0.4, 0.5) is 5.69 Å². The van der Waals surface area contributed by atoms with E-state index in [4.69, 9.17) is 0 Å². The molecule has 0 aliphatic rings. The Morgan fingerprint density at radius 1 is 1.26 bits per heavy atom. The minimum absolute atomic E-state index is 0.0459. The van der Waals surface area contributed by atoms with Crippen LogP contribution in [-0.4, -0.2) is 26.2 Å². The molecule has 6 heteroatoms. The van der Waals surface area contributed by atoms with Crippen molar-refractivity contribution in [1.29, 1.82) is 0 Å². The Balaban J connectivity index is 1.57. The van der Waals surface area contributed by atoms with Crippen LogP contribution in [0.25, 0.3) is 5.82 Å². The Bertz CT molecular complexity index is 785. The second-order valence-electron chi connectivity index (χ2n) is 4.98. The van der Waals surface area contributed by atoms with E-state index in [1.165, 1.54) is 17.3 Å². The fourth-order valence-electron chi connectivity index (χ4n) is 2.07. The van der Waals surface area contributed by atoms with E-state index in [9.17, 15) is 4.79 Å². The second kappa shape index (κ2) is 7.11. The lowest BCUT2D eigenvalue weighted by molar-refractivity contribution is -0.113. The van der Waals surface area contributed by atoms with Gasteiger partial charge >= 0.3 is 0 Å². The van der Waals surface area contributed by atoms with Crippen LogP contribution in [-0.2, 0) is 4.79 Å². The number of aryl methyl sites for hydroxylation is 1. The Morgan fingerprint density at radius 3 is 2.83 bits per heavy atom. The molecule has 3 aromatic rings. The topological polar surface area (TPSA) is 59.8 Å². The van der Waals surface area contributed by atoms with Gasteiger partial charge in [-0.15, -0.1) is 11.8 Å². The zero-order valence-corrected chi connectivity index (χ0v) is 13.5. The first kappa shape index (κ1) is 15.3. The molecule has 5 nitrogen and oxygen atoms in total. The third kappa shape index (κ3) is 3.98. The van der Waals surface area contributed by atoms with Crippen molar-refractivity contribution in [3.63, 3.8) is 0 Å². The lowest BCUT2D eigenvalue weighted by atomic mass is 10.2. The molecule has 0 saturated carbocycles. The maximum Gasteiger partial charge on any atom is 0.234 e. The number of hydrogen-bond acceptors (Lipinski definition) is 4. The van der Waals surface area contributed by atoms with Gasteiger partial charge in [-0.25, -0.2) is 9.97 Å². The number of aromatic nitrogens is 3. The summed E-state index contributed by atoms with van der Waals surface area (Å²) in [4.78, 5) is 21.4. The van der Waals surface area contributed by atoms with E-state index < -0.39 is 0 Å². The maximum atomic E-state index is 12.0. The molecule has 0 aliphatic heterocycles. The Kier molecular flexibility index (Phi) is 4.73. The molecule has 3 rings (SSSR count). The molecule has 1 amide bonds. The van der Waals surface area contributed by atoms with Gasteiger partial charge in [0.15, 0.2) is 0 Å². The van der Waals surface area contributed by atoms with Crippen LogP contribution < -0.4 is 5.32 Å². The average molecular weight is 324 g/mol. The van der Waals surface area contributed by atoms with Crippen molar-refractivity contribution in [1.82, 2.24) is 14.5 Å². The van der Waals surface area contributed by atoms with E-state index in [2.05, 4.69) is 15.3 Å². The molecule has 116 valence electrons. The smallest absolute Gasteiger partial charge is 0.234 e. The molecule has 2 heterocycles. The summed E-state index contributed by atoms with van der Waals surface area (Å²) in [7, 11) is 0. The lowest BCUT2D eigenvalue weighted by Gasteiger charge is -2.07. The molecule has 0 unspecified atom stereocenters. The highest BCUT2D eigenvalue weighted by Crippen LogP contribution is 2.21. The van der Waals surface area contributed by atoms with Gasteiger partial charge in [0.1, 0.15) is 12.1 Å². The van der Waals surface area contributed by atoms with Gasteiger partial charge in [-0.2, -0.15) is 0 Å². The molecule has 1 N–H and O–H groups in total. The number of benzene rings is 1. The van der Waals surface area contributed by atoms with E-state index in [1.807, 2.05) is 49.5 Å². The molecule has 0 aliphatic carbocycles. The molecular weight excluding hydrogens is 308 g/mol. The fourth-order valence-corrected chi connectivity index (χ4v) is 2.90. The summed E-state index contributed by atoms with van der Waals surface area (Å²) in [6, 6.07) is 11.7. The molecule has 1 aromatic carbocycles. The van der Waals surface area contributed by atoms with Crippen molar-refractivity contribution < 1.29 is 4.79 Å². The highest BCUT2D eigenvalue weighted by molar-refractivity contribution is 8.00. The van der Waals surface area contributed by atoms with Crippen LogP contribution in [0.5, 0.6) is 0 Å². The summed E-state index contributed by atoms with van der Waals surface area (Å²) in [5.74, 6) is 1.08. The monoisotopic (exact) mass is 324 g/mol. The molecule has 0 radical (unpaired) electrons. The van der Waals surface area contributed by atoms with Gasteiger partial charge in [0, 0.05) is 17.3 Å². The molecule has 0 saturated heterocycles. The fraction of sp³-hybridized carbons (Fsp3) is 0.118. The SMILES string of the molecule is Cc1ccccc1SCC(=O)Nc1ccc(-n2ccnc2)nc1. The number of pyridine rings is 1. The first-order valence-corrected chi connectivity index (χ1v) is 8.13. The van der Waals surface area contributed by atoms with E-state index in [0.29, 0.717) is 11.4 Å². The van der Waals surface area contributed by atoms with Crippen molar-refractivity contribution in [2.75, 3.05) is 11.1 Å². The van der Waals surface area contributed by atoms with Gasteiger partial charge in [0.2, 0.25) is 5.91 Å². The summed E-state index contributed by atoms with van der Waals surface area (Å²) in [5, 5.41) is 2.86. The molecule has 23 heavy (non-hydrogen) atoms. The Morgan fingerprint density at radius 2 is 2.13 bits per heavy atom. The number of nitrogens with one attached hydrogen (secondary N) is 1. The zero-order valence-electron chi connectivity index (χ0n) is 12.6. The number of carbonyl (C=O) groups excluding carboxylic acids is 1. The molecule has 0 spiro atoms. The summed E-state index contributed by atoms with van der Waals surface area (Å²) in [6.45, 7) is 2.04. The van der Waals surface area contributed by atoms with Gasteiger partial charge in [-0.3, -0.25) is 9.36 Å². The van der Waals surface area contributed by atoms with Gasteiger partial charge in [0.25, 0.3) is 0 Å². The van der Waals surface area contributed by atoms with Crippen LogP contribution in [0.3, 0.4) is 0 Å². The number of amides is 1. The summed E-state index contributed by atoms with van der Waals surface area (Å²) < 4.78 is 1.81. The van der Waals surface area contributed by atoms with Gasteiger partial charge in [-0.05, 0) is 30.7 Å². The Hall–Kier alpha value is -2.60. The minimum atomic E-state index is -0.0459. The lowest BCUT2D eigenvalue weighted by Crippen LogP contribution is -2.14. The van der Waals surface area contributed by atoms with Gasteiger partial charge < -0.3 is 5.32 Å². The highest BCUT2D eigenvalue weighted by Gasteiger charge is 2.06. The average Bonchev–Trinajstić information content (AvgIpc) is 3.09. The van der Waals surface area contributed by atoms with Crippen molar-refractivity contribution >= 4 is 23.4 Å². The quantitative estimate of drug-likeness (QED) is 0.732. The number of carbonyl (C=O) groups is 1. The van der Waals surface area contributed by atoms with Crippen LogP contribution in [0, 0.1) is 6.92 Å². The number of anilines is 1. The van der Waals surface area contributed by atoms with E-state index in [1.54, 1.807) is 23.3 Å². The normalized spacial score (nSPS) is 10.5. The van der Waals surface area contributed by atoms with Crippen LogP contribution >= 0.6 is 11.8 Å². The third-order valence-corrected chi connectivity index (χ3v) is 4.43. The highest BCUT2D eigenvalue weighted by atomic mass is 32.2. The molecular formula is C17H16N4OS. The molecule has 2 aromatic heterocycles. The van der Waals surface area contributed by atoms with E-state index in [0.717, 1.165) is 10.7 Å². The first-order chi connectivity index (χ1) is 11.2. The Labute approximate surface area is 138 Å². The molecule has 0 atom stereocenters. The van der Waals surface area contributed by atoms with Crippen LogP contribution in [0.1, 0.15) is 5.56 Å². The number of thioether (sulfide) groups is 1. The standard InChI is InChI=1S/C17H16N4OS/c1-13-4-2-3-5-15(13)23-11-17(22)20-14-6-7-16(19-10-14)21-9-8-18-12-21/h2-10,12H,11H2,1H3,(H,20,22). The number of rotatable bonds is 5. The molecule has 0 fully saturated rings. The predicted molar refractivity (Wildman–Crippen MR) is 91.9 cm³/mol. The minimum Gasteiger partial charge on any atom is -0.324 e. The van der Waals surface area contributed by atoms with Crippen molar-refractivity contribution in [2.45, 2.75) is 11.8 Å². The zero-order chi connectivity index (χ0) is 16.1. The van der Waals surface area contributed by atoms with E-state index in [-0.39, 0.29) is 5.91 Å². The number of nitrogens with zero attached hydrogens (tertiary/aromatic N) is 3. The summed E-state index contributed by atoms with van der Waals surface area (Å²) in [5.41, 5.74) is 1.86. The number of hydrogen-bond donors (Lipinski definition) is 1. The van der Waals surface area contributed by atoms with Crippen molar-refractivity contribution in [3.8, 4) is 5.82 Å². The maximum absolute atomic E-state index is 12.0. The first-order valence-electron chi connectivity index (χ1n) is 7.15. The third-order valence-electron chi connectivity index (χ3n) is 3.25. The van der Waals surface area contributed by atoms with Gasteiger partial charge in [0.05, 0.1) is 17.6 Å². The van der Waals surface area contributed by atoms with Crippen molar-refractivity contribution in [2.24, 2.45) is 0 Å².